The van der Waals surface area contributed by atoms with Crippen LogP contribution in [-0.4, -0.2) is 32.8 Å². The summed E-state index contributed by atoms with van der Waals surface area (Å²) in [7, 11) is 1.67. The summed E-state index contributed by atoms with van der Waals surface area (Å²) in [4.78, 5) is 0. The molecule has 3 heteroatoms. The quantitative estimate of drug-likeness (QED) is 0.338. The molecule has 0 fully saturated rings. The van der Waals surface area contributed by atoms with Crippen LogP contribution in [0.25, 0.3) is 0 Å². The van der Waals surface area contributed by atoms with Crippen molar-refractivity contribution >= 4 is 11.6 Å². The van der Waals surface area contributed by atoms with Crippen molar-refractivity contribution in [2.45, 2.75) is 19.8 Å². The van der Waals surface area contributed by atoms with E-state index in [0.717, 1.165) is 19.4 Å². The third kappa shape index (κ3) is 6.41. The number of alkyl halides is 1. The molecular weight excluding hydrogens is 200 g/mol. The van der Waals surface area contributed by atoms with E-state index in [-0.39, 0.29) is 5.41 Å². The normalized spacial score (nSPS) is 15.1. The zero-order valence-corrected chi connectivity index (χ0v) is 9.98. The smallest absolute Gasteiger partial charge is 0.0700 e. The lowest BCUT2D eigenvalue weighted by atomic mass is 9.88. The van der Waals surface area contributed by atoms with Gasteiger partial charge in [0.1, 0.15) is 0 Å². The molecule has 1 atom stereocenters. The third-order valence-electron chi connectivity index (χ3n) is 2.27. The molecule has 0 bridgehead atoms. The van der Waals surface area contributed by atoms with Gasteiger partial charge in [-0.25, -0.2) is 0 Å². The lowest BCUT2D eigenvalue weighted by molar-refractivity contribution is 0.0664. The van der Waals surface area contributed by atoms with E-state index < -0.39 is 0 Å². The van der Waals surface area contributed by atoms with E-state index in [1.807, 2.05) is 6.08 Å². The first-order valence-corrected chi connectivity index (χ1v) is 5.48. The molecule has 0 heterocycles. The highest BCUT2D eigenvalue weighted by Crippen LogP contribution is 2.25. The van der Waals surface area contributed by atoms with Crippen LogP contribution in [0.5, 0.6) is 0 Å². The lowest BCUT2D eigenvalue weighted by Gasteiger charge is -2.22. The van der Waals surface area contributed by atoms with E-state index in [9.17, 15) is 0 Å². The third-order valence-corrected chi connectivity index (χ3v) is 2.88. The van der Waals surface area contributed by atoms with Crippen molar-refractivity contribution in [1.29, 1.82) is 0 Å². The van der Waals surface area contributed by atoms with E-state index in [4.69, 9.17) is 21.1 Å². The number of halogens is 1. The zero-order chi connectivity index (χ0) is 10.9. The van der Waals surface area contributed by atoms with Crippen LogP contribution in [0.1, 0.15) is 19.8 Å². The number of hydrogen-bond acceptors (Lipinski definition) is 2. The average Bonchev–Trinajstić information content (AvgIpc) is 2.23. The van der Waals surface area contributed by atoms with Crippen LogP contribution in [0.2, 0.25) is 0 Å². The molecular formula is C11H21ClO2. The summed E-state index contributed by atoms with van der Waals surface area (Å²) in [6.07, 6.45) is 3.96. The maximum absolute atomic E-state index is 5.84. The fourth-order valence-electron chi connectivity index (χ4n) is 1.05. The van der Waals surface area contributed by atoms with Gasteiger partial charge in [0.15, 0.2) is 0 Å². The molecule has 0 spiro atoms. The van der Waals surface area contributed by atoms with Crippen LogP contribution in [0, 0.1) is 5.41 Å². The van der Waals surface area contributed by atoms with E-state index in [1.165, 1.54) is 0 Å². The van der Waals surface area contributed by atoms with Gasteiger partial charge in [0.2, 0.25) is 0 Å². The van der Waals surface area contributed by atoms with Crippen LogP contribution < -0.4 is 0 Å². The fraction of sp³-hybridized carbons (Fsp3) is 0.818. The van der Waals surface area contributed by atoms with Crippen molar-refractivity contribution in [3.63, 3.8) is 0 Å². The molecule has 84 valence electrons. The molecule has 0 aliphatic carbocycles. The van der Waals surface area contributed by atoms with Crippen LogP contribution >= 0.6 is 11.6 Å². The Morgan fingerprint density at radius 3 is 2.57 bits per heavy atom. The number of methoxy groups -OCH3 is 1. The first-order valence-electron chi connectivity index (χ1n) is 4.95. The molecule has 14 heavy (non-hydrogen) atoms. The standard InChI is InChI=1S/C11H21ClO2/c1-4-11(2,10-12)6-5-7-14-9-8-13-3/h4H,1,5-10H2,2-3H3. The summed E-state index contributed by atoms with van der Waals surface area (Å²) in [5.74, 6) is 0.620. The summed E-state index contributed by atoms with van der Waals surface area (Å²) >= 11 is 5.84. The maximum atomic E-state index is 5.84. The molecule has 0 saturated heterocycles. The second-order valence-electron chi connectivity index (χ2n) is 3.70. The number of hydrogen-bond donors (Lipinski definition) is 0. The largest absolute Gasteiger partial charge is 0.382 e. The molecule has 0 aliphatic rings. The molecule has 0 rings (SSSR count). The molecule has 0 N–H and O–H groups in total. The van der Waals surface area contributed by atoms with Gasteiger partial charge in [-0.15, -0.1) is 18.2 Å². The molecule has 0 aromatic carbocycles. The van der Waals surface area contributed by atoms with Crippen LogP contribution in [-0.2, 0) is 9.47 Å². The first-order chi connectivity index (χ1) is 6.68. The topological polar surface area (TPSA) is 18.5 Å². The summed E-state index contributed by atoms with van der Waals surface area (Å²) in [5.41, 5.74) is 0.0478. The Balaban J connectivity index is 3.38. The van der Waals surface area contributed by atoms with Crippen molar-refractivity contribution in [3.8, 4) is 0 Å². The van der Waals surface area contributed by atoms with Crippen LogP contribution in [0.15, 0.2) is 12.7 Å². The Labute approximate surface area is 92.2 Å². The van der Waals surface area contributed by atoms with Gasteiger partial charge in [0.25, 0.3) is 0 Å². The SMILES string of the molecule is C=CC(C)(CCl)CCCOCCOC. The minimum absolute atomic E-state index is 0.0478. The molecule has 2 nitrogen and oxygen atoms in total. The summed E-state index contributed by atoms with van der Waals surface area (Å²) in [5, 5.41) is 0. The van der Waals surface area contributed by atoms with Crippen molar-refractivity contribution < 1.29 is 9.47 Å². The highest BCUT2D eigenvalue weighted by atomic mass is 35.5. The predicted molar refractivity (Wildman–Crippen MR) is 61.0 cm³/mol. The van der Waals surface area contributed by atoms with Crippen molar-refractivity contribution in [2.24, 2.45) is 5.41 Å². The van der Waals surface area contributed by atoms with E-state index in [0.29, 0.717) is 19.1 Å². The summed E-state index contributed by atoms with van der Waals surface area (Å²) in [6.45, 7) is 8.00. The minimum Gasteiger partial charge on any atom is -0.382 e. The zero-order valence-electron chi connectivity index (χ0n) is 9.22. The van der Waals surface area contributed by atoms with Crippen molar-refractivity contribution in [2.75, 3.05) is 32.8 Å². The predicted octanol–water partition coefficient (Wildman–Crippen LogP) is 2.86. The summed E-state index contributed by atoms with van der Waals surface area (Å²) in [6, 6.07) is 0. The highest BCUT2D eigenvalue weighted by Gasteiger charge is 2.17. The van der Waals surface area contributed by atoms with Gasteiger partial charge in [-0.1, -0.05) is 13.0 Å². The minimum atomic E-state index is 0.0478. The van der Waals surface area contributed by atoms with Crippen LogP contribution in [0.4, 0.5) is 0 Å². The molecule has 0 aliphatic heterocycles. The Bertz CT molecular complexity index is 150. The number of allylic oxidation sites excluding steroid dienone is 1. The average molecular weight is 221 g/mol. The van der Waals surface area contributed by atoms with Crippen molar-refractivity contribution in [1.82, 2.24) is 0 Å². The first kappa shape index (κ1) is 13.9. The highest BCUT2D eigenvalue weighted by molar-refractivity contribution is 6.18. The number of ether oxygens (including phenoxy) is 2. The van der Waals surface area contributed by atoms with Gasteiger partial charge < -0.3 is 9.47 Å². The van der Waals surface area contributed by atoms with Gasteiger partial charge >= 0.3 is 0 Å². The van der Waals surface area contributed by atoms with Gasteiger partial charge in [0.05, 0.1) is 13.2 Å². The van der Waals surface area contributed by atoms with Crippen molar-refractivity contribution in [3.05, 3.63) is 12.7 Å². The Morgan fingerprint density at radius 1 is 1.36 bits per heavy atom. The van der Waals surface area contributed by atoms with Gasteiger partial charge in [-0.05, 0) is 18.3 Å². The van der Waals surface area contributed by atoms with Gasteiger partial charge in [-0.2, -0.15) is 0 Å². The number of rotatable bonds is 9. The maximum Gasteiger partial charge on any atom is 0.0700 e. The molecule has 1 unspecified atom stereocenters. The molecule has 0 aromatic rings. The summed E-state index contributed by atoms with van der Waals surface area (Å²) < 4.78 is 10.2. The van der Waals surface area contributed by atoms with E-state index in [1.54, 1.807) is 7.11 Å². The Kier molecular flexibility index (Phi) is 8.24. The second-order valence-corrected chi connectivity index (χ2v) is 3.97. The van der Waals surface area contributed by atoms with Gasteiger partial charge in [-0.3, -0.25) is 0 Å². The van der Waals surface area contributed by atoms with E-state index in [2.05, 4.69) is 13.5 Å². The molecule has 0 amide bonds. The monoisotopic (exact) mass is 220 g/mol. The lowest BCUT2D eigenvalue weighted by Crippen LogP contribution is -2.16. The second kappa shape index (κ2) is 8.27. The van der Waals surface area contributed by atoms with Gasteiger partial charge in [0, 0.05) is 19.6 Å². The molecule has 0 aromatic heterocycles. The molecule has 0 radical (unpaired) electrons. The Morgan fingerprint density at radius 2 is 2.07 bits per heavy atom. The Hall–Kier alpha value is -0.0500. The van der Waals surface area contributed by atoms with Crippen LogP contribution in [0.3, 0.4) is 0 Å². The molecule has 0 saturated carbocycles. The fourth-order valence-corrected chi connectivity index (χ4v) is 1.29. The van der Waals surface area contributed by atoms with E-state index >= 15 is 0 Å².